The van der Waals surface area contributed by atoms with E-state index in [4.69, 9.17) is 5.73 Å². The van der Waals surface area contributed by atoms with E-state index >= 15 is 0 Å². The van der Waals surface area contributed by atoms with Crippen molar-refractivity contribution in [2.75, 3.05) is 5.73 Å². The molecule has 88 valence electrons. The Labute approximate surface area is 111 Å². The van der Waals surface area contributed by atoms with Crippen LogP contribution in [0.1, 0.15) is 5.56 Å². The lowest BCUT2D eigenvalue weighted by Gasteiger charge is -2.03. The fourth-order valence-corrected chi connectivity index (χ4v) is 1.90. The molecular weight excluding hydrogens is 335 g/mol. The number of nitrogen functional groups attached to an aromatic ring is 1. The Balaban J connectivity index is 2.28. The molecule has 0 spiro atoms. The molecule has 0 bridgehead atoms. The number of nitrogens with zero attached hydrogens (tertiary/aromatic N) is 3. The highest BCUT2D eigenvalue weighted by Crippen LogP contribution is 2.22. The highest BCUT2D eigenvalue weighted by Gasteiger charge is 2.12. The Bertz CT molecular complexity index is 567. The molecule has 0 aliphatic carbocycles. The number of nitro benzene ring substituents is 1. The summed E-state index contributed by atoms with van der Waals surface area (Å²) in [5.74, 6) is 0. The van der Waals surface area contributed by atoms with Gasteiger partial charge in [0.15, 0.2) is 0 Å². The van der Waals surface area contributed by atoms with Crippen molar-refractivity contribution in [3.05, 3.63) is 49.8 Å². The second kappa shape index (κ2) is 4.70. The quantitative estimate of drug-likeness (QED) is 0.399. The van der Waals surface area contributed by atoms with Gasteiger partial charge in [-0.05, 0) is 34.2 Å². The minimum absolute atomic E-state index is 0.0654. The lowest BCUT2D eigenvalue weighted by Crippen LogP contribution is -2.02. The van der Waals surface area contributed by atoms with Gasteiger partial charge in [0.2, 0.25) is 0 Å². The van der Waals surface area contributed by atoms with Crippen molar-refractivity contribution in [1.29, 1.82) is 0 Å². The third-order valence-electron chi connectivity index (χ3n) is 2.24. The van der Waals surface area contributed by atoms with E-state index in [0.29, 0.717) is 6.54 Å². The zero-order valence-corrected chi connectivity index (χ0v) is 10.9. The van der Waals surface area contributed by atoms with Crippen molar-refractivity contribution in [3.8, 4) is 0 Å². The predicted octanol–water partition coefficient (Wildman–Crippen LogP) is 2.03. The van der Waals surface area contributed by atoms with Crippen molar-refractivity contribution in [1.82, 2.24) is 9.78 Å². The van der Waals surface area contributed by atoms with Crippen molar-refractivity contribution < 1.29 is 4.92 Å². The maximum Gasteiger partial charge on any atom is 0.292 e. The Morgan fingerprint density at radius 1 is 1.53 bits per heavy atom. The van der Waals surface area contributed by atoms with E-state index < -0.39 is 4.92 Å². The summed E-state index contributed by atoms with van der Waals surface area (Å²) in [7, 11) is 0. The molecular formula is C10H9IN4O2. The topological polar surface area (TPSA) is 87.0 Å². The number of benzene rings is 1. The molecule has 1 aromatic heterocycles. The molecule has 0 fully saturated rings. The van der Waals surface area contributed by atoms with Crippen molar-refractivity contribution in [3.63, 3.8) is 0 Å². The van der Waals surface area contributed by atoms with Crippen LogP contribution in [0.2, 0.25) is 0 Å². The molecule has 0 amide bonds. The van der Waals surface area contributed by atoms with Crippen LogP contribution >= 0.6 is 22.6 Å². The van der Waals surface area contributed by atoms with Crippen LogP contribution in [0.4, 0.5) is 11.4 Å². The molecule has 0 aliphatic heterocycles. The van der Waals surface area contributed by atoms with E-state index in [1.807, 2.05) is 6.20 Å². The number of anilines is 1. The number of halogens is 1. The first-order chi connectivity index (χ1) is 8.06. The third kappa shape index (κ3) is 2.73. The monoisotopic (exact) mass is 344 g/mol. The van der Waals surface area contributed by atoms with Gasteiger partial charge < -0.3 is 5.73 Å². The number of hydrogen-bond donors (Lipinski definition) is 1. The molecule has 1 aromatic carbocycles. The van der Waals surface area contributed by atoms with E-state index in [1.54, 1.807) is 23.0 Å². The fraction of sp³-hybridized carbons (Fsp3) is 0.100. The normalized spacial score (nSPS) is 10.4. The predicted molar refractivity (Wildman–Crippen MR) is 71.6 cm³/mol. The van der Waals surface area contributed by atoms with Crippen LogP contribution < -0.4 is 5.73 Å². The number of rotatable bonds is 3. The van der Waals surface area contributed by atoms with Gasteiger partial charge in [-0.1, -0.05) is 6.07 Å². The van der Waals surface area contributed by atoms with Crippen LogP contribution in [-0.2, 0) is 6.54 Å². The van der Waals surface area contributed by atoms with E-state index in [2.05, 4.69) is 27.7 Å². The summed E-state index contributed by atoms with van der Waals surface area (Å²) in [6.45, 7) is 0.490. The number of aromatic nitrogens is 2. The maximum absolute atomic E-state index is 10.7. The van der Waals surface area contributed by atoms with Gasteiger partial charge in [0.1, 0.15) is 5.69 Å². The van der Waals surface area contributed by atoms with Gasteiger partial charge in [0.05, 0.1) is 21.2 Å². The van der Waals surface area contributed by atoms with Crippen LogP contribution in [0.3, 0.4) is 0 Å². The first-order valence-corrected chi connectivity index (χ1v) is 5.85. The van der Waals surface area contributed by atoms with E-state index in [1.165, 1.54) is 6.07 Å². The molecule has 1 heterocycles. The van der Waals surface area contributed by atoms with Gasteiger partial charge in [-0.15, -0.1) is 0 Å². The van der Waals surface area contributed by atoms with Crippen LogP contribution in [0.15, 0.2) is 30.6 Å². The summed E-state index contributed by atoms with van der Waals surface area (Å²) < 4.78 is 2.74. The van der Waals surface area contributed by atoms with Crippen LogP contribution in [0.5, 0.6) is 0 Å². The molecule has 0 saturated carbocycles. The zero-order valence-electron chi connectivity index (χ0n) is 8.71. The second-order valence-electron chi connectivity index (χ2n) is 3.51. The Morgan fingerprint density at radius 2 is 2.29 bits per heavy atom. The summed E-state index contributed by atoms with van der Waals surface area (Å²) in [6, 6.07) is 4.78. The maximum atomic E-state index is 10.7. The Hall–Kier alpha value is -1.64. The molecule has 0 saturated heterocycles. The standard InChI is InChI=1S/C10H9IN4O2/c11-8-4-13-14(6-8)5-7-1-2-9(12)10(3-7)15(16)17/h1-4,6H,5,12H2. The van der Waals surface area contributed by atoms with Gasteiger partial charge >= 0.3 is 0 Å². The Kier molecular flexibility index (Phi) is 3.27. The van der Waals surface area contributed by atoms with Crippen LogP contribution in [0, 0.1) is 13.7 Å². The molecule has 0 unspecified atom stereocenters. The van der Waals surface area contributed by atoms with Gasteiger partial charge in [0.25, 0.3) is 5.69 Å². The average molecular weight is 344 g/mol. The summed E-state index contributed by atoms with van der Waals surface area (Å²) in [5, 5.41) is 14.8. The summed E-state index contributed by atoms with van der Waals surface area (Å²) in [6.07, 6.45) is 3.59. The largest absolute Gasteiger partial charge is 0.393 e. The van der Waals surface area contributed by atoms with Gasteiger partial charge in [-0.3, -0.25) is 14.8 Å². The van der Waals surface area contributed by atoms with E-state index in [-0.39, 0.29) is 11.4 Å². The first-order valence-electron chi connectivity index (χ1n) is 4.77. The molecule has 0 aliphatic rings. The highest BCUT2D eigenvalue weighted by molar-refractivity contribution is 14.1. The molecule has 17 heavy (non-hydrogen) atoms. The number of nitro groups is 1. The smallest absolute Gasteiger partial charge is 0.292 e. The average Bonchev–Trinajstić information content (AvgIpc) is 2.66. The van der Waals surface area contributed by atoms with Gasteiger partial charge in [-0.25, -0.2) is 0 Å². The summed E-state index contributed by atoms with van der Waals surface area (Å²) in [5.41, 5.74) is 6.43. The Morgan fingerprint density at radius 3 is 2.88 bits per heavy atom. The van der Waals surface area contributed by atoms with E-state index in [9.17, 15) is 10.1 Å². The van der Waals surface area contributed by atoms with Gasteiger partial charge in [0, 0.05) is 12.3 Å². The lowest BCUT2D eigenvalue weighted by atomic mass is 10.2. The zero-order chi connectivity index (χ0) is 12.4. The van der Waals surface area contributed by atoms with Crippen molar-refractivity contribution in [2.24, 2.45) is 0 Å². The van der Waals surface area contributed by atoms with Crippen LogP contribution in [0.25, 0.3) is 0 Å². The van der Waals surface area contributed by atoms with Crippen molar-refractivity contribution >= 4 is 34.0 Å². The minimum atomic E-state index is -0.480. The molecule has 2 rings (SSSR count). The molecule has 6 nitrogen and oxygen atoms in total. The van der Waals surface area contributed by atoms with Crippen LogP contribution in [-0.4, -0.2) is 14.7 Å². The SMILES string of the molecule is Nc1ccc(Cn2cc(I)cn2)cc1[N+](=O)[O-]. The minimum Gasteiger partial charge on any atom is -0.393 e. The molecule has 2 N–H and O–H groups in total. The summed E-state index contributed by atoms with van der Waals surface area (Å²) in [4.78, 5) is 10.3. The number of nitrogens with two attached hydrogens (primary N) is 1. The summed E-state index contributed by atoms with van der Waals surface area (Å²) >= 11 is 2.15. The first kappa shape index (κ1) is 11.8. The molecule has 2 aromatic rings. The third-order valence-corrected chi connectivity index (χ3v) is 2.79. The van der Waals surface area contributed by atoms with Crippen molar-refractivity contribution in [2.45, 2.75) is 6.54 Å². The fourth-order valence-electron chi connectivity index (χ4n) is 1.46. The molecule has 7 heteroatoms. The molecule has 0 atom stereocenters. The van der Waals surface area contributed by atoms with E-state index in [0.717, 1.165) is 9.13 Å². The molecule has 0 radical (unpaired) electrons. The number of hydrogen-bond acceptors (Lipinski definition) is 4. The lowest BCUT2D eigenvalue weighted by molar-refractivity contribution is -0.384. The highest BCUT2D eigenvalue weighted by atomic mass is 127. The van der Waals surface area contributed by atoms with Gasteiger partial charge in [-0.2, -0.15) is 5.10 Å². The second-order valence-corrected chi connectivity index (χ2v) is 4.75.